The number of hydrogen-bond donors (Lipinski definition) is 0. The molecule has 0 aliphatic heterocycles. The number of carbonyl (C=O) groups excluding carboxylic acids is 1. The van der Waals surface area contributed by atoms with Crippen molar-refractivity contribution in [3.63, 3.8) is 0 Å². The van der Waals surface area contributed by atoms with Crippen molar-refractivity contribution in [2.24, 2.45) is 7.05 Å². The van der Waals surface area contributed by atoms with Crippen LogP contribution in [0.25, 0.3) is 11.4 Å². The number of rotatable bonds is 7. The number of ketones is 1. The lowest BCUT2D eigenvalue weighted by Crippen LogP contribution is -2.05. The molecule has 0 aliphatic carbocycles. The molecule has 0 atom stereocenters. The molecule has 3 rings (SSSR count). The van der Waals surface area contributed by atoms with Gasteiger partial charge < -0.3 is 9.30 Å². The molecule has 0 saturated carbocycles. The summed E-state index contributed by atoms with van der Waals surface area (Å²) >= 11 is 1.56. The van der Waals surface area contributed by atoms with Gasteiger partial charge in [0.15, 0.2) is 16.8 Å². The topological polar surface area (TPSA) is 69.9 Å². The van der Waals surface area contributed by atoms with Crippen molar-refractivity contribution in [2.45, 2.75) is 12.1 Å². The molecule has 3 aromatic rings. The number of Topliss-reactive ketones (excluding diaryl/α,β-unsaturated/α-hetero) is 1. The van der Waals surface area contributed by atoms with E-state index in [1.807, 2.05) is 41.9 Å². The summed E-state index contributed by atoms with van der Waals surface area (Å²) in [6, 6.07) is 11.1. The van der Waals surface area contributed by atoms with E-state index in [9.17, 15) is 4.79 Å². The molecule has 0 amide bonds. The number of para-hydroxylation sites is 1. The van der Waals surface area contributed by atoms with Crippen LogP contribution in [0.1, 0.15) is 17.3 Å². The Morgan fingerprint density at radius 3 is 2.80 bits per heavy atom. The third-order valence-electron chi connectivity index (χ3n) is 3.59. The smallest absolute Gasteiger partial charge is 0.191 e. The molecule has 0 aliphatic rings. The van der Waals surface area contributed by atoms with Crippen LogP contribution in [0.5, 0.6) is 5.75 Å². The van der Waals surface area contributed by atoms with Gasteiger partial charge in [-0.05, 0) is 31.2 Å². The molecule has 7 heteroatoms. The van der Waals surface area contributed by atoms with E-state index in [4.69, 9.17) is 4.74 Å². The van der Waals surface area contributed by atoms with E-state index >= 15 is 0 Å². The van der Waals surface area contributed by atoms with Crippen molar-refractivity contribution < 1.29 is 9.53 Å². The fourth-order valence-corrected chi connectivity index (χ4v) is 3.08. The van der Waals surface area contributed by atoms with Crippen LogP contribution in [0.3, 0.4) is 0 Å². The fraction of sp³-hybridized carbons (Fsp3) is 0.222. The average molecular weight is 354 g/mol. The van der Waals surface area contributed by atoms with E-state index in [2.05, 4.69) is 15.2 Å². The highest BCUT2D eigenvalue weighted by Gasteiger charge is 2.12. The summed E-state index contributed by atoms with van der Waals surface area (Å²) in [4.78, 5) is 15.7. The van der Waals surface area contributed by atoms with Gasteiger partial charge in [-0.3, -0.25) is 9.78 Å². The first-order valence-corrected chi connectivity index (χ1v) is 8.80. The highest BCUT2D eigenvalue weighted by atomic mass is 32.2. The third kappa shape index (κ3) is 4.06. The molecule has 25 heavy (non-hydrogen) atoms. The van der Waals surface area contributed by atoms with E-state index in [0.29, 0.717) is 23.7 Å². The molecule has 6 nitrogen and oxygen atoms in total. The quantitative estimate of drug-likeness (QED) is 0.368. The summed E-state index contributed by atoms with van der Waals surface area (Å²) in [5.41, 5.74) is 1.53. The Kier molecular flexibility index (Phi) is 5.45. The predicted octanol–water partition coefficient (Wildman–Crippen LogP) is 3.25. The molecular weight excluding hydrogens is 336 g/mol. The number of ether oxygens (including phenoxy) is 1. The van der Waals surface area contributed by atoms with Crippen LogP contribution in [-0.4, -0.2) is 37.9 Å². The second-order valence-electron chi connectivity index (χ2n) is 5.36. The average Bonchev–Trinajstić information content (AvgIpc) is 3.00. The maximum Gasteiger partial charge on any atom is 0.191 e. The molecular formula is C18H18N4O2S. The Bertz CT molecular complexity index is 865. The van der Waals surface area contributed by atoms with Crippen LogP contribution in [0.15, 0.2) is 53.9 Å². The zero-order valence-corrected chi connectivity index (χ0v) is 14.9. The van der Waals surface area contributed by atoms with Crippen molar-refractivity contribution in [3.8, 4) is 17.1 Å². The number of carbonyl (C=O) groups is 1. The number of aromatic nitrogens is 4. The number of pyridine rings is 1. The van der Waals surface area contributed by atoms with Crippen molar-refractivity contribution in [3.05, 3.63) is 54.4 Å². The van der Waals surface area contributed by atoms with Gasteiger partial charge in [-0.15, -0.1) is 10.2 Å². The first-order valence-electron chi connectivity index (χ1n) is 7.82. The summed E-state index contributed by atoms with van der Waals surface area (Å²) in [5, 5.41) is 9.26. The minimum absolute atomic E-state index is 0.00216. The molecule has 0 saturated heterocycles. The largest absolute Gasteiger partial charge is 0.492 e. The van der Waals surface area contributed by atoms with Crippen LogP contribution in [0, 0.1) is 0 Å². The standard InChI is InChI=1S/C18H18N4O2S/c1-13(23)15-7-3-4-8-16(15)24-10-11-25-18-21-20-17(22(18)2)14-6-5-9-19-12-14/h3-9,12H,10-11H2,1-2H3. The third-order valence-corrected chi connectivity index (χ3v) is 4.58. The molecule has 1 aromatic carbocycles. The van der Waals surface area contributed by atoms with Crippen molar-refractivity contribution >= 4 is 17.5 Å². The first-order chi connectivity index (χ1) is 12.2. The van der Waals surface area contributed by atoms with E-state index in [0.717, 1.165) is 16.5 Å². The summed E-state index contributed by atoms with van der Waals surface area (Å²) < 4.78 is 7.68. The second-order valence-corrected chi connectivity index (χ2v) is 6.42. The second kappa shape index (κ2) is 7.94. The van der Waals surface area contributed by atoms with E-state index < -0.39 is 0 Å². The van der Waals surface area contributed by atoms with Gasteiger partial charge in [-0.2, -0.15) is 0 Å². The number of hydrogen-bond acceptors (Lipinski definition) is 6. The summed E-state index contributed by atoms with van der Waals surface area (Å²) in [6.07, 6.45) is 3.49. The first kappa shape index (κ1) is 17.2. The van der Waals surface area contributed by atoms with Crippen LogP contribution in [-0.2, 0) is 7.05 Å². The van der Waals surface area contributed by atoms with Gasteiger partial charge in [0.1, 0.15) is 5.75 Å². The van der Waals surface area contributed by atoms with Gasteiger partial charge in [0, 0.05) is 30.8 Å². The molecule has 128 valence electrons. The Hall–Kier alpha value is -2.67. The van der Waals surface area contributed by atoms with Crippen LogP contribution < -0.4 is 4.74 Å². The maximum absolute atomic E-state index is 11.6. The lowest BCUT2D eigenvalue weighted by atomic mass is 10.1. The van der Waals surface area contributed by atoms with Gasteiger partial charge >= 0.3 is 0 Å². The molecule has 2 heterocycles. The molecule has 0 N–H and O–H groups in total. The van der Waals surface area contributed by atoms with E-state index in [-0.39, 0.29) is 5.78 Å². The van der Waals surface area contributed by atoms with Gasteiger partial charge in [0.25, 0.3) is 0 Å². The molecule has 0 bridgehead atoms. The summed E-state index contributed by atoms with van der Waals surface area (Å²) in [6.45, 7) is 2.01. The van der Waals surface area contributed by atoms with Gasteiger partial charge in [-0.25, -0.2) is 0 Å². The van der Waals surface area contributed by atoms with Crippen LogP contribution >= 0.6 is 11.8 Å². The Morgan fingerprint density at radius 1 is 1.20 bits per heavy atom. The van der Waals surface area contributed by atoms with Crippen molar-refractivity contribution in [2.75, 3.05) is 12.4 Å². The predicted molar refractivity (Wildman–Crippen MR) is 96.9 cm³/mol. The lowest BCUT2D eigenvalue weighted by Gasteiger charge is -2.09. The molecule has 0 unspecified atom stereocenters. The summed E-state index contributed by atoms with van der Waals surface area (Å²) in [7, 11) is 1.93. The minimum atomic E-state index is -0.00216. The van der Waals surface area contributed by atoms with Crippen molar-refractivity contribution in [1.29, 1.82) is 0 Å². The molecule has 2 aromatic heterocycles. The lowest BCUT2D eigenvalue weighted by molar-refractivity contribution is 0.101. The van der Waals surface area contributed by atoms with Crippen LogP contribution in [0.4, 0.5) is 0 Å². The molecule has 0 radical (unpaired) electrons. The Morgan fingerprint density at radius 2 is 2.04 bits per heavy atom. The SMILES string of the molecule is CC(=O)c1ccccc1OCCSc1nnc(-c2cccnc2)n1C. The zero-order chi connectivity index (χ0) is 17.6. The number of thioether (sulfide) groups is 1. The van der Waals surface area contributed by atoms with E-state index in [1.165, 1.54) is 6.92 Å². The molecule has 0 fully saturated rings. The fourth-order valence-electron chi connectivity index (χ4n) is 2.35. The van der Waals surface area contributed by atoms with Gasteiger partial charge in [0.2, 0.25) is 0 Å². The monoisotopic (exact) mass is 354 g/mol. The molecule has 0 spiro atoms. The van der Waals surface area contributed by atoms with E-state index in [1.54, 1.807) is 30.2 Å². The normalized spacial score (nSPS) is 10.6. The number of benzene rings is 1. The summed E-state index contributed by atoms with van der Waals surface area (Å²) in [5.74, 6) is 2.09. The zero-order valence-electron chi connectivity index (χ0n) is 14.0. The maximum atomic E-state index is 11.6. The highest BCUT2D eigenvalue weighted by Crippen LogP contribution is 2.23. The highest BCUT2D eigenvalue weighted by molar-refractivity contribution is 7.99. The Balaban J connectivity index is 1.59. The minimum Gasteiger partial charge on any atom is -0.492 e. The van der Waals surface area contributed by atoms with Gasteiger partial charge in [-0.1, -0.05) is 23.9 Å². The van der Waals surface area contributed by atoms with Crippen molar-refractivity contribution in [1.82, 2.24) is 19.7 Å². The number of nitrogens with zero attached hydrogens (tertiary/aromatic N) is 4. The van der Waals surface area contributed by atoms with Gasteiger partial charge in [0.05, 0.1) is 12.2 Å². The Labute approximate surface area is 150 Å². The van der Waals surface area contributed by atoms with Crippen LogP contribution in [0.2, 0.25) is 0 Å².